The van der Waals surface area contributed by atoms with Gasteiger partial charge in [0.25, 0.3) is 0 Å². The predicted octanol–water partition coefficient (Wildman–Crippen LogP) is 3.47. The molecule has 0 saturated carbocycles. The van der Waals surface area contributed by atoms with E-state index in [1.807, 2.05) is 48.5 Å². The van der Waals surface area contributed by atoms with E-state index in [0.29, 0.717) is 12.6 Å². The molecular weight excluding hydrogens is 432 g/mol. The summed E-state index contributed by atoms with van der Waals surface area (Å²) < 4.78 is 18.4. The number of carbonyl (C=O) groups is 1. The summed E-state index contributed by atoms with van der Waals surface area (Å²) >= 11 is 0. The zero-order valence-electron chi connectivity index (χ0n) is 20.1. The van der Waals surface area contributed by atoms with Gasteiger partial charge in [0.05, 0.1) is 25.4 Å². The molecule has 0 aromatic heterocycles. The molecular formula is C27H36N2O5. The molecule has 0 spiro atoms. The number of nitrogens with zero attached hydrogens (tertiary/aromatic N) is 1. The third-order valence-electron chi connectivity index (χ3n) is 6.70. The van der Waals surface area contributed by atoms with Crippen molar-refractivity contribution in [1.82, 2.24) is 10.2 Å². The second-order valence-corrected chi connectivity index (χ2v) is 9.25. The van der Waals surface area contributed by atoms with Crippen LogP contribution in [0.3, 0.4) is 0 Å². The van der Waals surface area contributed by atoms with Gasteiger partial charge in [-0.05, 0) is 36.1 Å². The Morgan fingerprint density at radius 2 is 1.79 bits per heavy atom. The third-order valence-corrected chi connectivity index (χ3v) is 6.70. The number of methoxy groups -OCH3 is 1. The summed E-state index contributed by atoms with van der Waals surface area (Å²) in [7, 11) is 1.76. The Hall–Kier alpha value is -2.29. The highest BCUT2D eigenvalue weighted by Gasteiger charge is 2.35. The average Bonchev–Trinajstić information content (AvgIpc) is 3.29. The van der Waals surface area contributed by atoms with Crippen LogP contribution in [0.15, 0.2) is 48.5 Å². The molecule has 0 aliphatic carbocycles. The molecule has 2 aliphatic heterocycles. The molecule has 0 unspecified atom stereocenters. The van der Waals surface area contributed by atoms with Gasteiger partial charge in [-0.3, -0.25) is 9.69 Å². The first-order chi connectivity index (χ1) is 16.6. The Morgan fingerprint density at radius 3 is 2.47 bits per heavy atom. The first-order valence-corrected chi connectivity index (χ1v) is 12.1. The largest absolute Gasteiger partial charge is 0.392 e. The van der Waals surface area contributed by atoms with Crippen molar-refractivity contribution in [2.24, 2.45) is 0 Å². The Kier molecular flexibility index (Phi) is 8.69. The summed E-state index contributed by atoms with van der Waals surface area (Å²) in [5, 5.41) is 12.2. The van der Waals surface area contributed by atoms with Gasteiger partial charge in [-0.25, -0.2) is 0 Å². The van der Waals surface area contributed by atoms with Crippen LogP contribution in [0, 0.1) is 0 Å². The van der Waals surface area contributed by atoms with E-state index in [2.05, 4.69) is 10.2 Å². The lowest BCUT2D eigenvalue weighted by Crippen LogP contribution is -2.42. The monoisotopic (exact) mass is 468 g/mol. The molecule has 2 aromatic rings. The van der Waals surface area contributed by atoms with Gasteiger partial charge >= 0.3 is 0 Å². The number of carbonyl (C=O) groups excluding carboxylic acids is 1. The minimum absolute atomic E-state index is 0.0257. The fraction of sp³-hybridized carbons (Fsp3) is 0.519. The minimum Gasteiger partial charge on any atom is -0.392 e. The van der Waals surface area contributed by atoms with Gasteiger partial charge in [-0.2, -0.15) is 0 Å². The van der Waals surface area contributed by atoms with Crippen LogP contribution in [0.25, 0.3) is 0 Å². The molecule has 0 radical (unpaired) electrons. The molecule has 2 heterocycles. The summed E-state index contributed by atoms with van der Waals surface area (Å²) in [5.41, 5.74) is 3.97. The second-order valence-electron chi connectivity index (χ2n) is 9.25. The number of nitrogens with one attached hydrogen (secondary N) is 1. The van der Waals surface area contributed by atoms with Crippen LogP contribution in [0.1, 0.15) is 60.8 Å². The quantitative estimate of drug-likeness (QED) is 0.587. The van der Waals surface area contributed by atoms with Gasteiger partial charge in [0.1, 0.15) is 0 Å². The van der Waals surface area contributed by atoms with Crippen LogP contribution in [-0.4, -0.2) is 54.9 Å². The maximum Gasteiger partial charge on any atom is 0.217 e. The molecule has 2 saturated heterocycles. The zero-order chi connectivity index (χ0) is 23.9. The van der Waals surface area contributed by atoms with E-state index in [0.717, 1.165) is 54.8 Å². The van der Waals surface area contributed by atoms with Crippen LogP contribution in [0.4, 0.5) is 0 Å². The number of hydrogen-bond acceptors (Lipinski definition) is 6. The number of hydrogen-bond donors (Lipinski definition) is 2. The second kappa shape index (κ2) is 11.9. The van der Waals surface area contributed by atoms with Crippen molar-refractivity contribution in [2.75, 3.05) is 26.8 Å². The van der Waals surface area contributed by atoms with E-state index in [-0.39, 0.29) is 24.7 Å². The zero-order valence-corrected chi connectivity index (χ0v) is 20.1. The predicted molar refractivity (Wildman–Crippen MR) is 129 cm³/mol. The standard InChI is InChI=1S/C27H36N2O5/c1-19(31)28-15-20-5-11-23(12-6-20)27-33-25(16-29-13-3-4-24(29)18-32-2)14-26(34-27)22-9-7-21(17-30)8-10-22/h5-12,24-27,30H,3-4,13-18H2,1-2H3,(H,28,31)/t24-,25+,26-,27-/m0/s1. The highest BCUT2D eigenvalue weighted by Crippen LogP contribution is 2.38. The summed E-state index contributed by atoms with van der Waals surface area (Å²) in [6, 6.07) is 16.4. The fourth-order valence-corrected chi connectivity index (χ4v) is 4.83. The van der Waals surface area contributed by atoms with Crippen LogP contribution >= 0.6 is 0 Å². The lowest BCUT2D eigenvalue weighted by Gasteiger charge is -2.38. The van der Waals surface area contributed by atoms with Gasteiger partial charge in [0.15, 0.2) is 6.29 Å². The Labute approximate surface area is 202 Å². The number of amides is 1. The topological polar surface area (TPSA) is 80.3 Å². The maximum atomic E-state index is 11.2. The van der Waals surface area contributed by atoms with Crippen molar-refractivity contribution >= 4 is 5.91 Å². The van der Waals surface area contributed by atoms with E-state index in [4.69, 9.17) is 14.2 Å². The number of benzene rings is 2. The van der Waals surface area contributed by atoms with Crippen LogP contribution in [0.2, 0.25) is 0 Å². The molecule has 2 fully saturated rings. The number of aliphatic hydroxyl groups excluding tert-OH is 1. The van der Waals surface area contributed by atoms with Gasteiger partial charge < -0.3 is 24.6 Å². The molecule has 4 atom stereocenters. The van der Waals surface area contributed by atoms with Crippen LogP contribution < -0.4 is 5.32 Å². The molecule has 4 rings (SSSR count). The SMILES string of the molecule is COC[C@@H]1CCCN1C[C@H]1C[C@@H](c2ccc(CO)cc2)O[C@@H](c2ccc(CNC(C)=O)cc2)O1. The molecule has 0 bridgehead atoms. The Morgan fingerprint density at radius 1 is 1.09 bits per heavy atom. The fourth-order valence-electron chi connectivity index (χ4n) is 4.83. The summed E-state index contributed by atoms with van der Waals surface area (Å²) in [6.07, 6.45) is 2.56. The first-order valence-electron chi connectivity index (χ1n) is 12.1. The molecule has 7 nitrogen and oxygen atoms in total. The van der Waals surface area contributed by atoms with Gasteiger partial charge in [-0.15, -0.1) is 0 Å². The number of likely N-dealkylation sites (tertiary alicyclic amines) is 1. The van der Waals surface area contributed by atoms with Crippen molar-refractivity contribution < 1.29 is 24.1 Å². The summed E-state index contributed by atoms with van der Waals surface area (Å²) in [5.74, 6) is -0.0467. The van der Waals surface area contributed by atoms with Crippen LogP contribution in [0.5, 0.6) is 0 Å². The molecule has 184 valence electrons. The van der Waals surface area contributed by atoms with Gasteiger partial charge in [-0.1, -0.05) is 48.5 Å². The van der Waals surface area contributed by atoms with Crippen molar-refractivity contribution in [2.45, 2.75) is 63.9 Å². The smallest absolute Gasteiger partial charge is 0.217 e. The highest BCUT2D eigenvalue weighted by atomic mass is 16.7. The average molecular weight is 469 g/mol. The number of ether oxygens (including phenoxy) is 3. The molecule has 7 heteroatoms. The number of aliphatic hydroxyl groups is 1. The highest BCUT2D eigenvalue weighted by molar-refractivity contribution is 5.72. The Bertz CT molecular complexity index is 918. The van der Waals surface area contributed by atoms with Crippen LogP contribution in [-0.2, 0) is 32.2 Å². The van der Waals surface area contributed by atoms with E-state index in [1.165, 1.54) is 13.3 Å². The van der Waals surface area contributed by atoms with Crippen molar-refractivity contribution in [3.8, 4) is 0 Å². The van der Waals surface area contributed by atoms with Crippen molar-refractivity contribution in [1.29, 1.82) is 0 Å². The maximum absolute atomic E-state index is 11.2. The minimum atomic E-state index is -0.473. The van der Waals surface area contributed by atoms with Crippen molar-refractivity contribution in [3.05, 3.63) is 70.8 Å². The van der Waals surface area contributed by atoms with E-state index in [9.17, 15) is 9.90 Å². The molecule has 34 heavy (non-hydrogen) atoms. The summed E-state index contributed by atoms with van der Waals surface area (Å²) in [6.45, 7) is 4.70. The number of rotatable bonds is 9. The van der Waals surface area contributed by atoms with E-state index in [1.54, 1.807) is 7.11 Å². The van der Waals surface area contributed by atoms with Gasteiger partial charge in [0, 0.05) is 45.1 Å². The normalized spacial score (nSPS) is 25.4. The lowest BCUT2D eigenvalue weighted by atomic mass is 9.99. The van der Waals surface area contributed by atoms with E-state index < -0.39 is 6.29 Å². The van der Waals surface area contributed by atoms with Crippen molar-refractivity contribution in [3.63, 3.8) is 0 Å². The molecule has 1 amide bonds. The molecule has 2 aromatic carbocycles. The van der Waals surface area contributed by atoms with Gasteiger partial charge in [0.2, 0.25) is 5.91 Å². The summed E-state index contributed by atoms with van der Waals surface area (Å²) in [4.78, 5) is 13.7. The molecule has 2 aliphatic rings. The van der Waals surface area contributed by atoms with E-state index >= 15 is 0 Å². The lowest BCUT2D eigenvalue weighted by molar-refractivity contribution is -0.253. The molecule has 2 N–H and O–H groups in total. The first kappa shape index (κ1) is 24.8. The Balaban J connectivity index is 1.50. The third kappa shape index (κ3) is 6.43.